The van der Waals surface area contributed by atoms with Crippen LogP contribution in [0.3, 0.4) is 0 Å². The topological polar surface area (TPSA) is 27.7 Å². The first kappa shape index (κ1) is 23.5. The Kier molecular flexibility index (Phi) is 6.64. The van der Waals surface area contributed by atoms with E-state index in [1.54, 1.807) is 5.56 Å². The molecular weight excluding hydrogens is 430 g/mol. The molecule has 1 N–H and O–H groups in total. The number of fused-ring (bicyclic) bond motifs is 1. The predicted octanol–water partition coefficient (Wildman–Crippen LogP) is 5.53. The van der Waals surface area contributed by atoms with Crippen molar-refractivity contribution in [3.05, 3.63) is 64.7 Å². The van der Waals surface area contributed by atoms with Gasteiger partial charge < -0.3 is 10.1 Å². The third-order valence-electron chi connectivity index (χ3n) is 9.34. The minimum Gasteiger partial charge on any atom is -0.493 e. The number of rotatable bonds is 5. The van der Waals surface area contributed by atoms with E-state index in [2.05, 4.69) is 71.4 Å². The Morgan fingerprint density at radius 2 is 1.89 bits per heavy atom. The molecule has 3 aliphatic heterocycles. The Hall–Kier alpha value is -1.88. The summed E-state index contributed by atoms with van der Waals surface area (Å²) in [4.78, 5) is 5.60. The number of hydrogen-bond acceptors (Lipinski definition) is 4. The molecule has 1 saturated carbocycles. The van der Waals surface area contributed by atoms with E-state index in [1.807, 2.05) is 0 Å². The summed E-state index contributed by atoms with van der Waals surface area (Å²) >= 11 is 0. The van der Waals surface area contributed by atoms with Crippen LogP contribution in [0.4, 0.5) is 0 Å². The molecule has 2 saturated heterocycles. The summed E-state index contributed by atoms with van der Waals surface area (Å²) < 4.78 is 5.98. The molecule has 2 aromatic rings. The minimum atomic E-state index is 0.486. The van der Waals surface area contributed by atoms with Crippen molar-refractivity contribution in [3.63, 3.8) is 0 Å². The van der Waals surface area contributed by atoms with Gasteiger partial charge in [0.25, 0.3) is 0 Å². The van der Waals surface area contributed by atoms with Crippen molar-refractivity contribution in [1.29, 1.82) is 0 Å². The molecule has 1 spiro atoms. The normalized spacial score (nSPS) is 25.3. The lowest BCUT2D eigenvalue weighted by molar-refractivity contribution is -0.0650. The standard InChI is InChI=1S/C31H43N3O/c1-23(2)27-7-3-4-8-28(27)29-22-33(21-24-9-10-25-6-5-17-35-30(25)18-24)15-16-34(29)26-19-31(20-26)11-13-32-14-12-31/h3-4,7-10,18,23,26,29,32H,5-6,11-17,19-22H2,1-2H3/t29-/m0/s1. The zero-order valence-electron chi connectivity index (χ0n) is 21.8. The molecule has 0 aromatic heterocycles. The number of nitrogens with one attached hydrogen (secondary N) is 1. The molecule has 0 radical (unpaired) electrons. The summed E-state index contributed by atoms with van der Waals surface area (Å²) in [5.41, 5.74) is 6.49. The van der Waals surface area contributed by atoms with Gasteiger partial charge in [-0.15, -0.1) is 0 Å². The van der Waals surface area contributed by atoms with Gasteiger partial charge in [-0.1, -0.05) is 50.2 Å². The van der Waals surface area contributed by atoms with Crippen molar-refractivity contribution in [1.82, 2.24) is 15.1 Å². The molecule has 1 atom stereocenters. The summed E-state index contributed by atoms with van der Waals surface area (Å²) in [6.45, 7) is 12.5. The lowest BCUT2D eigenvalue weighted by Gasteiger charge is -2.57. The van der Waals surface area contributed by atoms with Crippen LogP contribution in [0.1, 0.15) is 80.2 Å². The Labute approximate surface area is 212 Å². The third-order valence-corrected chi connectivity index (χ3v) is 9.34. The van der Waals surface area contributed by atoms with Crippen LogP contribution >= 0.6 is 0 Å². The highest BCUT2D eigenvalue weighted by molar-refractivity contribution is 5.39. The van der Waals surface area contributed by atoms with Crippen LogP contribution in [0.5, 0.6) is 5.75 Å². The van der Waals surface area contributed by atoms with Crippen molar-refractivity contribution < 1.29 is 4.74 Å². The summed E-state index contributed by atoms with van der Waals surface area (Å²) in [6.07, 6.45) is 7.84. The molecule has 4 nitrogen and oxygen atoms in total. The minimum absolute atomic E-state index is 0.486. The average molecular weight is 474 g/mol. The molecule has 4 aliphatic rings. The quantitative estimate of drug-likeness (QED) is 0.618. The molecule has 6 rings (SSSR count). The molecule has 0 amide bonds. The molecule has 35 heavy (non-hydrogen) atoms. The van der Waals surface area contributed by atoms with Crippen molar-refractivity contribution in [2.24, 2.45) is 5.41 Å². The Bertz CT molecular complexity index is 1020. The van der Waals surface area contributed by atoms with Gasteiger partial charge in [-0.2, -0.15) is 0 Å². The van der Waals surface area contributed by atoms with Crippen molar-refractivity contribution >= 4 is 0 Å². The number of ether oxygens (including phenoxy) is 1. The van der Waals surface area contributed by atoms with Gasteiger partial charge in [0.05, 0.1) is 6.61 Å². The van der Waals surface area contributed by atoms with Gasteiger partial charge in [0.2, 0.25) is 0 Å². The van der Waals surface area contributed by atoms with Crippen LogP contribution in [0.15, 0.2) is 42.5 Å². The molecule has 3 heterocycles. The van der Waals surface area contributed by atoms with Gasteiger partial charge in [-0.25, -0.2) is 0 Å². The van der Waals surface area contributed by atoms with Gasteiger partial charge in [0, 0.05) is 38.3 Å². The average Bonchev–Trinajstić information content (AvgIpc) is 2.88. The second-order valence-corrected chi connectivity index (χ2v) is 12.0. The monoisotopic (exact) mass is 473 g/mol. The Morgan fingerprint density at radius 3 is 2.71 bits per heavy atom. The molecule has 3 fully saturated rings. The van der Waals surface area contributed by atoms with Crippen molar-refractivity contribution in [3.8, 4) is 5.75 Å². The number of nitrogens with zero attached hydrogens (tertiary/aromatic N) is 2. The lowest BCUT2D eigenvalue weighted by atomic mass is 9.60. The molecule has 188 valence electrons. The zero-order valence-corrected chi connectivity index (χ0v) is 21.8. The van der Waals surface area contributed by atoms with Gasteiger partial charge >= 0.3 is 0 Å². The number of piperazine rings is 1. The van der Waals surface area contributed by atoms with E-state index in [0.29, 0.717) is 17.4 Å². The SMILES string of the molecule is CC(C)c1ccccc1[C@@H]1CN(Cc2ccc3c(c2)OCCC3)CCN1C1CC2(CCNCC2)C1. The molecule has 0 bridgehead atoms. The highest BCUT2D eigenvalue weighted by Crippen LogP contribution is 2.52. The van der Waals surface area contributed by atoms with E-state index in [1.165, 1.54) is 62.0 Å². The van der Waals surface area contributed by atoms with Crippen LogP contribution < -0.4 is 10.1 Å². The smallest absolute Gasteiger partial charge is 0.122 e. The maximum absolute atomic E-state index is 5.98. The van der Waals surface area contributed by atoms with E-state index in [4.69, 9.17) is 4.74 Å². The fourth-order valence-corrected chi connectivity index (χ4v) is 7.33. The van der Waals surface area contributed by atoms with Gasteiger partial charge in [-0.05, 0) is 91.3 Å². The Balaban J connectivity index is 1.22. The van der Waals surface area contributed by atoms with E-state index in [0.717, 1.165) is 50.9 Å². The summed E-state index contributed by atoms with van der Waals surface area (Å²) in [5, 5.41) is 3.58. The highest BCUT2D eigenvalue weighted by Gasteiger charge is 2.49. The van der Waals surface area contributed by atoms with Crippen molar-refractivity contribution in [2.75, 3.05) is 39.3 Å². The van der Waals surface area contributed by atoms with E-state index < -0.39 is 0 Å². The zero-order chi connectivity index (χ0) is 23.8. The molecule has 4 heteroatoms. The van der Waals surface area contributed by atoms with Gasteiger partial charge in [0.1, 0.15) is 5.75 Å². The number of benzene rings is 2. The van der Waals surface area contributed by atoms with Crippen LogP contribution in [0.25, 0.3) is 0 Å². The molecule has 0 unspecified atom stereocenters. The number of piperidine rings is 1. The largest absolute Gasteiger partial charge is 0.493 e. The Morgan fingerprint density at radius 1 is 1.06 bits per heavy atom. The highest BCUT2D eigenvalue weighted by atomic mass is 16.5. The van der Waals surface area contributed by atoms with Crippen LogP contribution in [0.2, 0.25) is 0 Å². The fourth-order valence-electron chi connectivity index (χ4n) is 7.33. The van der Waals surface area contributed by atoms with E-state index >= 15 is 0 Å². The fraction of sp³-hybridized carbons (Fsp3) is 0.613. The predicted molar refractivity (Wildman–Crippen MR) is 143 cm³/mol. The van der Waals surface area contributed by atoms with E-state index in [9.17, 15) is 0 Å². The maximum Gasteiger partial charge on any atom is 0.122 e. The first-order valence-corrected chi connectivity index (χ1v) is 14.1. The van der Waals surface area contributed by atoms with Crippen molar-refractivity contribution in [2.45, 2.75) is 76.9 Å². The van der Waals surface area contributed by atoms with Crippen LogP contribution in [-0.4, -0.2) is 55.2 Å². The van der Waals surface area contributed by atoms with E-state index in [-0.39, 0.29) is 0 Å². The second kappa shape index (κ2) is 9.88. The second-order valence-electron chi connectivity index (χ2n) is 12.0. The molecular formula is C31H43N3O. The van der Waals surface area contributed by atoms with Crippen LogP contribution in [-0.2, 0) is 13.0 Å². The van der Waals surface area contributed by atoms with Gasteiger partial charge in [0.15, 0.2) is 0 Å². The molecule has 2 aromatic carbocycles. The molecule has 1 aliphatic carbocycles. The van der Waals surface area contributed by atoms with Gasteiger partial charge in [-0.3, -0.25) is 9.80 Å². The maximum atomic E-state index is 5.98. The first-order valence-electron chi connectivity index (χ1n) is 14.1. The summed E-state index contributed by atoms with van der Waals surface area (Å²) in [5.74, 6) is 1.68. The summed E-state index contributed by atoms with van der Waals surface area (Å²) in [6, 6.07) is 17.5. The number of aryl methyl sites for hydroxylation is 1. The number of hydrogen-bond donors (Lipinski definition) is 1. The lowest BCUT2D eigenvalue weighted by Crippen LogP contribution is -2.59. The first-order chi connectivity index (χ1) is 17.1. The summed E-state index contributed by atoms with van der Waals surface area (Å²) in [7, 11) is 0. The third kappa shape index (κ3) is 4.77. The van der Waals surface area contributed by atoms with Crippen LogP contribution in [0, 0.1) is 5.41 Å².